The fourth-order valence-electron chi connectivity index (χ4n) is 2.94. The van der Waals surface area contributed by atoms with Crippen LogP contribution in [-0.2, 0) is 30.4 Å². The number of carbonyl (C=O) groups excluding carboxylic acids is 4. The number of nitrogens with one attached hydrogen (secondary N) is 3. The van der Waals surface area contributed by atoms with Crippen LogP contribution in [0.1, 0.15) is 24.8 Å². The van der Waals surface area contributed by atoms with E-state index in [0.717, 1.165) is 0 Å². The van der Waals surface area contributed by atoms with E-state index in [1.165, 1.54) is 0 Å². The lowest BCUT2D eigenvalue weighted by atomic mass is 10.0. The molecule has 4 amide bonds. The van der Waals surface area contributed by atoms with Gasteiger partial charge < -0.3 is 44.0 Å². The summed E-state index contributed by atoms with van der Waals surface area (Å²) in [4.78, 5) is 63.4. The second-order valence-corrected chi connectivity index (χ2v) is 7.65. The number of aliphatic carboxylic acids is 1. The Balaban J connectivity index is 2.74. The number of nitrogens with two attached hydrogens (primary N) is 4. The average Bonchev–Trinajstić information content (AvgIpc) is 2.78. The molecule has 1 aromatic carbocycles. The van der Waals surface area contributed by atoms with Crippen LogP contribution in [0.25, 0.3) is 0 Å². The Morgan fingerprint density at radius 1 is 0.943 bits per heavy atom. The van der Waals surface area contributed by atoms with Crippen LogP contribution in [0, 0.1) is 0 Å². The smallest absolute Gasteiger partial charge is 0.326 e. The van der Waals surface area contributed by atoms with E-state index in [1.807, 2.05) is 0 Å². The summed E-state index contributed by atoms with van der Waals surface area (Å²) in [6.45, 7) is -0.345. The van der Waals surface area contributed by atoms with E-state index in [0.29, 0.717) is 12.0 Å². The second kappa shape index (κ2) is 14.8. The summed E-state index contributed by atoms with van der Waals surface area (Å²) >= 11 is 0. The van der Waals surface area contributed by atoms with E-state index < -0.39 is 60.7 Å². The van der Waals surface area contributed by atoms with Crippen LogP contribution < -0.4 is 38.9 Å². The second-order valence-electron chi connectivity index (χ2n) is 7.65. The Labute approximate surface area is 201 Å². The molecule has 0 aliphatic heterocycles. The number of benzene rings is 1. The van der Waals surface area contributed by atoms with Gasteiger partial charge in [-0.1, -0.05) is 30.3 Å². The molecule has 1 aromatic rings. The average molecular weight is 493 g/mol. The quantitative estimate of drug-likeness (QED) is 0.0690. The lowest BCUT2D eigenvalue weighted by Crippen LogP contribution is -2.54. The third kappa shape index (κ3) is 12.0. The zero-order valence-corrected chi connectivity index (χ0v) is 19.1. The Morgan fingerprint density at radius 2 is 1.60 bits per heavy atom. The van der Waals surface area contributed by atoms with Crippen molar-refractivity contribution in [1.82, 2.24) is 16.0 Å². The maximum Gasteiger partial charge on any atom is 0.326 e. The van der Waals surface area contributed by atoms with E-state index in [9.17, 15) is 29.1 Å². The largest absolute Gasteiger partial charge is 0.480 e. The van der Waals surface area contributed by atoms with Crippen molar-refractivity contribution in [3.05, 3.63) is 35.9 Å². The molecule has 192 valence electrons. The molecule has 3 atom stereocenters. The number of primary amides is 1. The van der Waals surface area contributed by atoms with Crippen molar-refractivity contribution >= 4 is 35.6 Å². The summed E-state index contributed by atoms with van der Waals surface area (Å²) < 4.78 is 0. The fraction of sp³-hybridized carbons (Fsp3) is 0.429. The van der Waals surface area contributed by atoms with Crippen molar-refractivity contribution in [2.45, 2.75) is 43.8 Å². The van der Waals surface area contributed by atoms with Gasteiger partial charge >= 0.3 is 5.97 Å². The number of carboxylic acids is 1. The van der Waals surface area contributed by atoms with Crippen molar-refractivity contribution in [3.63, 3.8) is 0 Å². The molecule has 0 fully saturated rings. The number of carboxylic acid groups (broad SMARTS) is 1. The van der Waals surface area contributed by atoms with Crippen LogP contribution in [0.3, 0.4) is 0 Å². The number of amides is 4. The van der Waals surface area contributed by atoms with E-state index in [4.69, 9.17) is 22.9 Å². The summed E-state index contributed by atoms with van der Waals surface area (Å²) in [6.07, 6.45) is 0.0357. The van der Waals surface area contributed by atoms with Gasteiger partial charge in [0, 0.05) is 13.0 Å². The molecule has 0 saturated carbocycles. The summed E-state index contributed by atoms with van der Waals surface area (Å²) in [5, 5.41) is 16.4. The third-order valence-electron chi connectivity index (χ3n) is 4.68. The molecule has 14 nitrogen and oxygen atoms in total. The Kier molecular flexibility index (Phi) is 12.2. The highest BCUT2D eigenvalue weighted by atomic mass is 16.4. The SMILES string of the molecule is NC(=O)CC(N)C(=O)NC(Cc1ccccc1)C(=O)NCC(=O)NC(CCCN=C(N)N)C(=O)O. The molecule has 12 N–H and O–H groups in total. The topological polar surface area (TPSA) is 258 Å². The Morgan fingerprint density at radius 3 is 2.17 bits per heavy atom. The van der Waals surface area contributed by atoms with Crippen molar-refractivity contribution in [3.8, 4) is 0 Å². The molecular formula is C21H32N8O6. The molecule has 0 heterocycles. The van der Waals surface area contributed by atoms with Crippen molar-refractivity contribution in [1.29, 1.82) is 0 Å². The molecule has 0 saturated heterocycles. The number of rotatable bonds is 15. The maximum atomic E-state index is 12.7. The number of aliphatic imine (C=N–C) groups is 1. The van der Waals surface area contributed by atoms with Crippen molar-refractivity contribution in [2.75, 3.05) is 13.1 Å². The molecule has 1 rings (SSSR count). The van der Waals surface area contributed by atoms with Gasteiger partial charge in [-0.2, -0.15) is 0 Å². The highest BCUT2D eigenvalue weighted by Crippen LogP contribution is 2.04. The van der Waals surface area contributed by atoms with E-state index in [-0.39, 0.29) is 25.3 Å². The monoisotopic (exact) mass is 492 g/mol. The number of hydrogen-bond donors (Lipinski definition) is 8. The van der Waals surface area contributed by atoms with Crippen molar-refractivity contribution < 1.29 is 29.1 Å². The molecule has 0 radical (unpaired) electrons. The first-order valence-electron chi connectivity index (χ1n) is 10.7. The number of guanidine groups is 1. The van der Waals surface area contributed by atoms with Gasteiger partial charge in [-0.05, 0) is 18.4 Å². The first kappa shape index (κ1) is 28.8. The van der Waals surface area contributed by atoms with Gasteiger partial charge in [0.2, 0.25) is 23.6 Å². The maximum absolute atomic E-state index is 12.7. The fourth-order valence-corrected chi connectivity index (χ4v) is 2.94. The molecule has 0 aliphatic carbocycles. The molecule has 35 heavy (non-hydrogen) atoms. The highest BCUT2D eigenvalue weighted by Gasteiger charge is 2.26. The molecular weight excluding hydrogens is 460 g/mol. The molecule has 0 bridgehead atoms. The van der Waals surface area contributed by atoms with Crippen LogP contribution in [0.15, 0.2) is 35.3 Å². The summed E-state index contributed by atoms with van der Waals surface area (Å²) in [5.74, 6) is -4.38. The Hall–Kier alpha value is -4.20. The normalized spacial score (nSPS) is 12.9. The van der Waals surface area contributed by atoms with Crippen LogP contribution in [0.2, 0.25) is 0 Å². The van der Waals surface area contributed by atoms with Gasteiger partial charge in [-0.15, -0.1) is 0 Å². The molecule has 0 aliphatic rings. The number of nitrogens with zero attached hydrogens (tertiary/aromatic N) is 1. The summed E-state index contributed by atoms with van der Waals surface area (Å²) in [7, 11) is 0. The highest BCUT2D eigenvalue weighted by molar-refractivity contribution is 5.94. The van der Waals surface area contributed by atoms with Gasteiger partial charge in [-0.25, -0.2) is 4.79 Å². The van der Waals surface area contributed by atoms with E-state index in [1.54, 1.807) is 30.3 Å². The molecule has 0 aromatic heterocycles. The van der Waals surface area contributed by atoms with Gasteiger partial charge in [0.25, 0.3) is 0 Å². The van der Waals surface area contributed by atoms with E-state index in [2.05, 4.69) is 20.9 Å². The third-order valence-corrected chi connectivity index (χ3v) is 4.68. The zero-order valence-electron chi connectivity index (χ0n) is 19.1. The van der Waals surface area contributed by atoms with Crippen LogP contribution in [0.4, 0.5) is 0 Å². The van der Waals surface area contributed by atoms with Gasteiger partial charge in [0.15, 0.2) is 5.96 Å². The molecule has 14 heteroatoms. The summed E-state index contributed by atoms with van der Waals surface area (Å²) in [6, 6.07) is 5.17. The minimum absolute atomic E-state index is 0.0657. The molecule has 3 unspecified atom stereocenters. The minimum atomic E-state index is -1.26. The zero-order chi connectivity index (χ0) is 26.4. The molecule has 0 spiro atoms. The number of hydrogen-bond acceptors (Lipinski definition) is 7. The Bertz CT molecular complexity index is 920. The lowest BCUT2D eigenvalue weighted by molar-refractivity contribution is -0.142. The van der Waals surface area contributed by atoms with Crippen LogP contribution in [0.5, 0.6) is 0 Å². The van der Waals surface area contributed by atoms with Gasteiger partial charge in [0.05, 0.1) is 19.0 Å². The van der Waals surface area contributed by atoms with Gasteiger partial charge in [0.1, 0.15) is 12.1 Å². The van der Waals surface area contributed by atoms with Crippen LogP contribution in [-0.4, -0.2) is 71.9 Å². The predicted octanol–water partition coefficient (Wildman–Crippen LogP) is -3.34. The minimum Gasteiger partial charge on any atom is -0.480 e. The van der Waals surface area contributed by atoms with Gasteiger partial charge in [-0.3, -0.25) is 24.2 Å². The van der Waals surface area contributed by atoms with Crippen LogP contribution >= 0.6 is 0 Å². The predicted molar refractivity (Wildman–Crippen MR) is 126 cm³/mol. The first-order chi connectivity index (χ1) is 16.5. The lowest BCUT2D eigenvalue weighted by Gasteiger charge is -2.21. The van der Waals surface area contributed by atoms with Crippen molar-refractivity contribution in [2.24, 2.45) is 27.9 Å². The number of carbonyl (C=O) groups is 5. The summed E-state index contributed by atoms with van der Waals surface area (Å²) in [5.41, 5.74) is 21.8. The standard InChI is InChI=1S/C21H32N8O6/c22-13(10-16(23)30)18(32)29-15(9-12-5-2-1-3-6-12)19(33)27-11-17(31)28-14(20(34)35)7-4-8-26-21(24)25/h1-3,5-6,13-15H,4,7-11,22H2,(H2,23,30)(H,27,33)(H,28,31)(H,29,32)(H,34,35)(H4,24,25,26). The first-order valence-corrected chi connectivity index (χ1v) is 10.7. The van der Waals surface area contributed by atoms with E-state index >= 15 is 0 Å².